The number of Topliss-reactive ketones (excluding diaryl/α,β-unsaturated/α-hetero) is 1. The maximum absolute atomic E-state index is 13.5. The number of carbonyl (C=O) groups excluding carboxylic acids is 2. The van der Waals surface area contributed by atoms with Crippen LogP contribution in [0.1, 0.15) is 54.4 Å². The quantitative estimate of drug-likeness (QED) is 0.357. The molecular formula is C25H25NaO6. The molecule has 2 aromatic rings. The van der Waals surface area contributed by atoms with Gasteiger partial charge in [-0.25, -0.2) is 0 Å². The van der Waals surface area contributed by atoms with Crippen LogP contribution in [0.25, 0.3) is 5.57 Å². The van der Waals surface area contributed by atoms with E-state index in [1.165, 1.54) is 6.42 Å². The maximum atomic E-state index is 13.5. The molecule has 0 radical (unpaired) electrons. The number of rotatable bonds is 7. The van der Waals surface area contributed by atoms with E-state index < -0.39 is 5.97 Å². The first-order valence-electron chi connectivity index (χ1n) is 10.6. The van der Waals surface area contributed by atoms with E-state index in [-0.39, 0.29) is 59.2 Å². The monoisotopic (exact) mass is 444 g/mol. The van der Waals surface area contributed by atoms with Crippen LogP contribution in [0, 0.1) is 5.92 Å². The fraction of sp³-hybridized carbons (Fsp3) is 0.360. The van der Waals surface area contributed by atoms with Crippen LogP contribution in [0.4, 0.5) is 0 Å². The normalized spacial score (nSPS) is 16.0. The molecule has 0 aromatic heterocycles. The van der Waals surface area contributed by atoms with Crippen LogP contribution in [0.2, 0.25) is 0 Å². The molecule has 6 nitrogen and oxygen atoms in total. The molecule has 2 aliphatic rings. The Kier molecular flexibility index (Phi) is 8.40. The van der Waals surface area contributed by atoms with Gasteiger partial charge < -0.3 is 24.1 Å². The van der Waals surface area contributed by atoms with Gasteiger partial charge in [-0.1, -0.05) is 38.2 Å². The largest absolute Gasteiger partial charge is 1.00 e. The van der Waals surface area contributed by atoms with Crippen molar-refractivity contribution >= 4 is 17.3 Å². The minimum atomic E-state index is -1.37. The van der Waals surface area contributed by atoms with Gasteiger partial charge in [-0.3, -0.25) is 4.79 Å². The molecule has 0 unspecified atom stereocenters. The first-order chi connectivity index (χ1) is 15.1. The molecule has 1 saturated carbocycles. The number of carbonyl (C=O) groups is 2. The number of allylic oxidation sites excluding steroid dienone is 1. The van der Waals surface area contributed by atoms with E-state index in [2.05, 4.69) is 0 Å². The third kappa shape index (κ3) is 5.37. The molecule has 162 valence electrons. The zero-order chi connectivity index (χ0) is 21.8. The zero-order valence-electron chi connectivity index (χ0n) is 18.5. The van der Waals surface area contributed by atoms with Gasteiger partial charge in [-0.2, -0.15) is 0 Å². The Bertz CT molecular complexity index is 1010. The number of hydrogen-bond donors (Lipinski definition) is 0. The second-order valence-corrected chi connectivity index (χ2v) is 7.97. The van der Waals surface area contributed by atoms with Crippen molar-refractivity contribution in [3.63, 3.8) is 0 Å². The molecule has 0 atom stereocenters. The standard InChI is InChI=1S/C25H26O6.Na/c1-29-19-10-7-17(8-11-19)24(26)20(13-16-5-3-2-4-6-16)23(25(27)28)18-9-12-21-22(14-18)31-15-30-21;/h7-12,14,16H,2-6,13,15H2,1H3,(H,27,28);/q;+1/p-1. The summed E-state index contributed by atoms with van der Waals surface area (Å²) >= 11 is 0. The van der Waals surface area contributed by atoms with Crippen LogP contribution in [-0.2, 0) is 4.79 Å². The van der Waals surface area contributed by atoms with Gasteiger partial charge in [0.15, 0.2) is 17.3 Å². The summed E-state index contributed by atoms with van der Waals surface area (Å²) in [6.45, 7) is 0.0862. The molecule has 2 aromatic carbocycles. The summed E-state index contributed by atoms with van der Waals surface area (Å²) in [7, 11) is 1.55. The van der Waals surface area contributed by atoms with Crippen molar-refractivity contribution < 1.29 is 58.5 Å². The second-order valence-electron chi connectivity index (χ2n) is 7.97. The van der Waals surface area contributed by atoms with Crippen molar-refractivity contribution in [3.05, 3.63) is 59.2 Å². The summed E-state index contributed by atoms with van der Waals surface area (Å²) in [6, 6.07) is 11.6. The third-order valence-corrected chi connectivity index (χ3v) is 6.01. The molecule has 1 fully saturated rings. The zero-order valence-corrected chi connectivity index (χ0v) is 20.5. The van der Waals surface area contributed by atoms with Crippen molar-refractivity contribution in [1.82, 2.24) is 0 Å². The van der Waals surface area contributed by atoms with Gasteiger partial charge in [0.05, 0.1) is 13.1 Å². The van der Waals surface area contributed by atoms with E-state index in [9.17, 15) is 14.7 Å². The minimum absolute atomic E-state index is 0. The smallest absolute Gasteiger partial charge is 0.545 e. The Balaban J connectivity index is 0.00000289. The van der Waals surface area contributed by atoms with Crippen molar-refractivity contribution in [1.29, 1.82) is 0 Å². The molecule has 0 bridgehead atoms. The SMILES string of the molecule is COc1ccc(C(=O)C(CC2CCCCC2)=C(C(=O)[O-])c2ccc3c(c2)OCO3)cc1.[Na+]. The molecular weight excluding hydrogens is 419 g/mol. The van der Waals surface area contributed by atoms with Gasteiger partial charge in [-0.05, 0) is 54.3 Å². The van der Waals surface area contributed by atoms with Gasteiger partial charge in [0.1, 0.15) is 5.75 Å². The molecule has 0 N–H and O–H groups in total. The van der Waals surface area contributed by atoms with Gasteiger partial charge in [0.25, 0.3) is 0 Å². The molecule has 1 heterocycles. The van der Waals surface area contributed by atoms with Gasteiger partial charge in [0.2, 0.25) is 6.79 Å². The van der Waals surface area contributed by atoms with E-state index in [0.29, 0.717) is 34.8 Å². The first kappa shape index (κ1) is 24.4. The fourth-order valence-corrected chi connectivity index (χ4v) is 4.37. The molecule has 4 rings (SSSR count). The Hall–Kier alpha value is -2.28. The summed E-state index contributed by atoms with van der Waals surface area (Å²) in [5, 5.41) is 12.3. The molecule has 0 saturated heterocycles. The van der Waals surface area contributed by atoms with Crippen LogP contribution in [0.5, 0.6) is 17.2 Å². The number of carboxylic acid groups (broad SMARTS) is 1. The van der Waals surface area contributed by atoms with Crippen molar-refractivity contribution in [2.24, 2.45) is 5.92 Å². The Morgan fingerprint density at radius 3 is 2.28 bits per heavy atom. The van der Waals surface area contributed by atoms with Gasteiger partial charge in [0, 0.05) is 16.7 Å². The summed E-state index contributed by atoms with van der Waals surface area (Å²) in [6.07, 6.45) is 5.75. The molecule has 32 heavy (non-hydrogen) atoms. The van der Waals surface area contributed by atoms with E-state index in [1.807, 2.05) is 0 Å². The van der Waals surface area contributed by atoms with Crippen molar-refractivity contribution in [2.45, 2.75) is 38.5 Å². The van der Waals surface area contributed by atoms with Crippen molar-refractivity contribution in [3.8, 4) is 17.2 Å². The number of aliphatic carboxylic acids is 1. The van der Waals surface area contributed by atoms with Gasteiger partial charge >= 0.3 is 29.6 Å². The third-order valence-electron chi connectivity index (χ3n) is 6.01. The van der Waals surface area contributed by atoms with E-state index in [4.69, 9.17) is 14.2 Å². The number of fused-ring (bicyclic) bond motifs is 1. The second kappa shape index (κ2) is 11.0. The molecule has 1 aliphatic heterocycles. The molecule has 0 amide bonds. The van der Waals surface area contributed by atoms with Crippen LogP contribution in [-0.4, -0.2) is 25.7 Å². The number of hydrogen-bond acceptors (Lipinski definition) is 6. The van der Waals surface area contributed by atoms with Crippen LogP contribution in [0.15, 0.2) is 48.0 Å². The molecule has 1 aliphatic carbocycles. The van der Waals surface area contributed by atoms with E-state index in [1.54, 1.807) is 49.6 Å². The number of carboxylic acids is 1. The van der Waals surface area contributed by atoms with E-state index in [0.717, 1.165) is 25.7 Å². The summed E-state index contributed by atoms with van der Waals surface area (Å²) < 4.78 is 15.9. The maximum Gasteiger partial charge on any atom is 1.00 e. The van der Waals surface area contributed by atoms with Gasteiger partial charge in [-0.15, -0.1) is 0 Å². The Morgan fingerprint density at radius 1 is 0.969 bits per heavy atom. The number of ketones is 1. The summed E-state index contributed by atoms with van der Waals surface area (Å²) in [5.41, 5.74) is 1.00. The Morgan fingerprint density at radius 2 is 1.62 bits per heavy atom. The number of methoxy groups -OCH3 is 1. The summed E-state index contributed by atoms with van der Waals surface area (Å²) in [4.78, 5) is 25.8. The van der Waals surface area contributed by atoms with Crippen LogP contribution >= 0.6 is 0 Å². The topological polar surface area (TPSA) is 84.9 Å². The number of benzene rings is 2. The average Bonchev–Trinajstić information content (AvgIpc) is 3.27. The first-order valence-corrected chi connectivity index (χ1v) is 10.6. The average molecular weight is 444 g/mol. The predicted molar refractivity (Wildman–Crippen MR) is 113 cm³/mol. The number of ether oxygens (including phenoxy) is 3. The minimum Gasteiger partial charge on any atom is -0.545 e. The molecule has 0 spiro atoms. The van der Waals surface area contributed by atoms with Crippen LogP contribution in [0.3, 0.4) is 0 Å². The van der Waals surface area contributed by atoms with Crippen LogP contribution < -0.4 is 48.9 Å². The molecule has 7 heteroatoms. The van der Waals surface area contributed by atoms with Crippen molar-refractivity contribution in [2.75, 3.05) is 13.9 Å². The Labute approximate surface area is 209 Å². The summed E-state index contributed by atoms with van der Waals surface area (Å²) in [5.74, 6) is 0.248. The van der Waals surface area contributed by atoms with E-state index >= 15 is 0 Å². The fourth-order valence-electron chi connectivity index (χ4n) is 4.37. The predicted octanol–water partition coefficient (Wildman–Crippen LogP) is 0.785.